The van der Waals surface area contributed by atoms with E-state index in [-0.39, 0.29) is 0 Å². The maximum atomic E-state index is 4.93. The van der Waals surface area contributed by atoms with Gasteiger partial charge in [-0.3, -0.25) is 4.67 Å². The molecule has 6 heterocycles. The molecular weight excluding hydrogens is 615 g/mol. The van der Waals surface area contributed by atoms with E-state index in [1.54, 1.807) is 0 Å². The first-order valence-corrected chi connectivity index (χ1v) is 23.5. The molecule has 0 radical (unpaired) electrons. The summed E-state index contributed by atoms with van der Waals surface area (Å²) in [5.74, 6) is 1.79. The second-order valence-corrected chi connectivity index (χ2v) is 23.5. The summed E-state index contributed by atoms with van der Waals surface area (Å²) in [6.45, 7) is 17.3. The van der Waals surface area contributed by atoms with Crippen molar-refractivity contribution in [3.63, 3.8) is 0 Å². The molecule has 6 saturated heterocycles. The average Bonchev–Trinajstić information content (AvgIpc) is 3.90. The zero-order valence-electron chi connectivity index (χ0n) is 29.6. The van der Waals surface area contributed by atoms with Crippen molar-refractivity contribution in [1.29, 1.82) is 0 Å². The Kier molecular flexibility index (Phi) is 13.3. The third kappa shape index (κ3) is 7.82. The lowest BCUT2D eigenvalue weighted by molar-refractivity contribution is 0.235. The highest BCUT2D eigenvalue weighted by Crippen LogP contribution is 2.78. The first-order chi connectivity index (χ1) is 22.0. The topological polar surface area (TPSA) is 55.5 Å². The van der Waals surface area contributed by atoms with Crippen LogP contribution in [0.4, 0.5) is 0 Å². The lowest BCUT2D eigenvalue weighted by Crippen LogP contribution is -2.58. The minimum Gasteiger partial charge on any atom is -0.312 e. The van der Waals surface area contributed by atoms with Gasteiger partial charge in [0.05, 0.1) is 14.9 Å². The van der Waals surface area contributed by atoms with Crippen LogP contribution in [0.5, 0.6) is 0 Å². The Morgan fingerprint density at radius 1 is 0.778 bits per heavy atom. The van der Waals surface area contributed by atoms with Gasteiger partial charge in [-0.05, 0) is 95.4 Å². The Bertz CT molecular complexity index is 869. The number of nitrogens with zero attached hydrogens (tertiary/aromatic N) is 6. The molecule has 6 aliphatic rings. The van der Waals surface area contributed by atoms with Gasteiger partial charge in [0.15, 0.2) is 0 Å². The van der Waals surface area contributed by atoms with Gasteiger partial charge in [-0.15, -0.1) is 28.2 Å². The van der Waals surface area contributed by atoms with Crippen LogP contribution in [0.25, 0.3) is 0 Å². The van der Waals surface area contributed by atoms with Crippen molar-refractivity contribution >= 4 is 24.6 Å². The number of rotatable bonds is 14. The van der Waals surface area contributed by atoms with Crippen LogP contribution in [0.3, 0.4) is 0 Å². The smallest absolute Gasteiger partial charge is 0.312 e. The van der Waals surface area contributed by atoms with E-state index in [9.17, 15) is 0 Å². The van der Waals surface area contributed by atoms with Crippen molar-refractivity contribution in [3.05, 3.63) is 0 Å². The minimum absolute atomic E-state index is 0.633. The second-order valence-electron chi connectivity index (χ2n) is 15.2. The Hall–Kier alpha value is 0.930. The predicted octanol–water partition coefficient (Wildman–Crippen LogP) is 6.63. The van der Waals surface area contributed by atoms with Gasteiger partial charge >= 0.3 is 15.7 Å². The highest BCUT2D eigenvalue weighted by atomic mass is 31.3. The highest BCUT2D eigenvalue weighted by molar-refractivity contribution is 7.84. The molecule has 0 aromatic rings. The van der Waals surface area contributed by atoms with Crippen molar-refractivity contribution in [2.45, 2.75) is 122 Å². The number of nitrogens with one attached hydrogen (secondary N) is 3. The van der Waals surface area contributed by atoms with Crippen LogP contribution in [0.1, 0.15) is 110 Å². The summed E-state index contributed by atoms with van der Waals surface area (Å²) in [4.78, 5) is 4.93. The lowest BCUT2D eigenvalue weighted by Gasteiger charge is -2.50. The van der Waals surface area contributed by atoms with E-state index in [1.165, 1.54) is 162 Å². The van der Waals surface area contributed by atoms with Crippen LogP contribution in [0.2, 0.25) is 0 Å². The summed E-state index contributed by atoms with van der Waals surface area (Å²) < 4.78 is 17.9. The molecular formula is C33H70N9P3+2. The molecule has 0 aromatic heterocycles. The monoisotopic (exact) mass is 685 g/mol. The van der Waals surface area contributed by atoms with Crippen molar-refractivity contribution in [1.82, 2.24) is 43.1 Å². The van der Waals surface area contributed by atoms with Gasteiger partial charge < -0.3 is 5.32 Å². The normalized spacial score (nSPS) is 31.4. The predicted molar refractivity (Wildman–Crippen MR) is 198 cm³/mol. The largest absolute Gasteiger partial charge is 0.348 e. The van der Waals surface area contributed by atoms with Gasteiger partial charge in [0.2, 0.25) is 0 Å². The summed E-state index contributed by atoms with van der Waals surface area (Å²) in [6, 6.07) is 1.28. The van der Waals surface area contributed by atoms with E-state index >= 15 is 0 Å². The molecule has 6 rings (SSSR count). The zero-order chi connectivity index (χ0) is 31.3. The van der Waals surface area contributed by atoms with E-state index in [4.69, 9.17) is 4.86 Å². The standard InChI is InChI=1S/C33H70N9P3/c1-5-6-13-31-18-28-39(29-19-31)44(34-3,42-25-12-15-33(42)32-14-11-20-35-32)36-45(40-21-7-8-22-40,41-23-9-10-24-41)37(4)43-38-26-16-30(2)17-27-38/h30-36,43H,5-29H2,1-4H3/q+2. The van der Waals surface area contributed by atoms with Gasteiger partial charge in [0.1, 0.15) is 0 Å². The fourth-order valence-corrected chi connectivity index (χ4v) is 22.4. The lowest BCUT2D eigenvalue weighted by atomic mass is 9.93. The molecule has 0 saturated carbocycles. The second kappa shape index (κ2) is 16.8. The molecule has 0 amide bonds. The fourth-order valence-electron chi connectivity index (χ4n) is 9.45. The summed E-state index contributed by atoms with van der Waals surface area (Å²) >= 11 is 0. The van der Waals surface area contributed by atoms with E-state index < -0.39 is 15.7 Å². The van der Waals surface area contributed by atoms with Gasteiger partial charge in [-0.2, -0.15) is 0 Å². The fraction of sp³-hybridized carbons (Fsp3) is 1.00. The van der Waals surface area contributed by atoms with Crippen molar-refractivity contribution in [2.24, 2.45) is 11.8 Å². The molecule has 4 unspecified atom stereocenters. The first-order valence-electron chi connectivity index (χ1n) is 19.3. The van der Waals surface area contributed by atoms with Gasteiger partial charge in [-0.25, -0.2) is 0 Å². The quantitative estimate of drug-likeness (QED) is 0.175. The van der Waals surface area contributed by atoms with E-state index in [2.05, 4.69) is 66.1 Å². The number of unbranched alkanes of at least 4 members (excludes halogenated alkanes) is 1. The molecule has 0 bridgehead atoms. The molecule has 12 heteroatoms. The van der Waals surface area contributed by atoms with Crippen molar-refractivity contribution < 1.29 is 0 Å². The molecule has 3 N–H and O–H groups in total. The molecule has 0 aliphatic carbocycles. The number of piperidine rings is 2. The number of hydrogen-bond donors (Lipinski definition) is 3. The Balaban J connectivity index is 1.38. The average molecular weight is 686 g/mol. The van der Waals surface area contributed by atoms with E-state index in [0.717, 1.165) is 20.7 Å². The third-order valence-electron chi connectivity index (χ3n) is 12.2. The van der Waals surface area contributed by atoms with Crippen molar-refractivity contribution in [2.75, 3.05) is 79.5 Å². The summed E-state index contributed by atoms with van der Waals surface area (Å²) in [7, 11) is 1.57. The molecule has 0 aromatic carbocycles. The molecule has 6 aliphatic heterocycles. The summed E-state index contributed by atoms with van der Waals surface area (Å²) in [6.07, 6.45) is 20.4. The van der Waals surface area contributed by atoms with Gasteiger partial charge in [0.25, 0.3) is 0 Å². The van der Waals surface area contributed by atoms with Crippen LogP contribution in [-0.4, -0.2) is 119 Å². The van der Waals surface area contributed by atoms with E-state index in [1.807, 2.05) is 0 Å². The van der Waals surface area contributed by atoms with Crippen LogP contribution in [0, 0.1) is 11.8 Å². The summed E-state index contributed by atoms with van der Waals surface area (Å²) in [5, 5.41) is 8.25. The van der Waals surface area contributed by atoms with Crippen molar-refractivity contribution in [3.8, 4) is 0 Å². The van der Waals surface area contributed by atoms with Crippen LogP contribution in [0.15, 0.2) is 0 Å². The molecule has 4 atom stereocenters. The third-order valence-corrected chi connectivity index (χ3v) is 22.8. The molecule has 45 heavy (non-hydrogen) atoms. The molecule has 6 fully saturated rings. The Labute approximate surface area is 280 Å². The van der Waals surface area contributed by atoms with Gasteiger partial charge in [0, 0.05) is 83.9 Å². The highest BCUT2D eigenvalue weighted by Gasteiger charge is 2.70. The molecule has 260 valence electrons. The van der Waals surface area contributed by atoms with E-state index in [0.29, 0.717) is 12.1 Å². The minimum atomic E-state index is -2.07. The first kappa shape index (κ1) is 35.7. The van der Waals surface area contributed by atoms with Gasteiger partial charge in [-0.1, -0.05) is 33.1 Å². The van der Waals surface area contributed by atoms with Crippen LogP contribution < -0.4 is 15.3 Å². The maximum absolute atomic E-state index is 4.93. The van der Waals surface area contributed by atoms with Crippen LogP contribution in [-0.2, 0) is 0 Å². The van der Waals surface area contributed by atoms with Crippen LogP contribution >= 0.6 is 24.6 Å². The number of hydrogen-bond acceptors (Lipinski definition) is 9. The molecule has 0 spiro atoms. The Morgan fingerprint density at radius 3 is 2.02 bits per heavy atom. The SMILES string of the molecule is CCCCC1CCN([P+](NC)(N[P+](N2CCCC2)(N2CCCC2)N(C)PN2CCC(C)CC2)N2CCCC2C2CCCN2)CC1. The molecule has 9 nitrogen and oxygen atoms in total. The Morgan fingerprint density at radius 2 is 1.44 bits per heavy atom. The zero-order valence-corrected chi connectivity index (χ0v) is 32.4. The maximum Gasteiger partial charge on any atom is 0.348 e. The summed E-state index contributed by atoms with van der Waals surface area (Å²) in [5.41, 5.74) is 0.